The van der Waals surface area contributed by atoms with Crippen molar-refractivity contribution in [2.24, 2.45) is 5.10 Å². The second kappa shape index (κ2) is 9.06. The fourth-order valence-electron chi connectivity index (χ4n) is 3.30. The number of nitriles is 1. The van der Waals surface area contributed by atoms with Crippen molar-refractivity contribution in [2.45, 2.75) is 13.5 Å². The zero-order valence-electron chi connectivity index (χ0n) is 17.3. The van der Waals surface area contributed by atoms with Crippen molar-refractivity contribution < 1.29 is 4.79 Å². The Morgan fingerprint density at radius 3 is 2.34 bits per heavy atom. The summed E-state index contributed by atoms with van der Waals surface area (Å²) < 4.78 is 1.30. The third kappa shape index (κ3) is 4.30. The van der Waals surface area contributed by atoms with Gasteiger partial charge in [0.05, 0.1) is 29.3 Å². The highest BCUT2D eigenvalue weighted by atomic mass is 16.2. The van der Waals surface area contributed by atoms with E-state index in [2.05, 4.69) is 21.7 Å². The van der Waals surface area contributed by atoms with E-state index in [0.717, 1.165) is 11.1 Å². The van der Waals surface area contributed by atoms with Gasteiger partial charge in [-0.05, 0) is 36.2 Å². The third-order valence-electron chi connectivity index (χ3n) is 5.01. The standard InChI is InChI=1S/C25H19N5O2/c1-17(20-13-11-18(15-26)12-14-20)27-28-24(31)23-21-9-5-6-10-22(21)25(32)30(29-23)16-19-7-3-2-4-8-19/h2-14H,16H2,1H3,(H,28,31)/b27-17-. The number of hydrogen-bond donors (Lipinski definition) is 1. The predicted octanol–water partition coefficient (Wildman–Crippen LogP) is 3.47. The van der Waals surface area contributed by atoms with E-state index >= 15 is 0 Å². The average Bonchev–Trinajstić information content (AvgIpc) is 2.84. The highest BCUT2D eigenvalue weighted by Gasteiger charge is 2.16. The first-order chi connectivity index (χ1) is 15.6. The van der Waals surface area contributed by atoms with Crippen molar-refractivity contribution in [3.05, 3.63) is 112 Å². The van der Waals surface area contributed by atoms with Crippen molar-refractivity contribution in [3.63, 3.8) is 0 Å². The topological polar surface area (TPSA) is 100 Å². The van der Waals surface area contributed by atoms with Gasteiger partial charge in [0.15, 0.2) is 5.69 Å². The number of nitrogens with zero attached hydrogens (tertiary/aromatic N) is 4. The molecule has 4 rings (SSSR count). The van der Waals surface area contributed by atoms with Gasteiger partial charge >= 0.3 is 0 Å². The van der Waals surface area contributed by atoms with Gasteiger partial charge in [-0.2, -0.15) is 15.5 Å². The summed E-state index contributed by atoms with van der Waals surface area (Å²) in [5.41, 5.74) is 5.18. The molecule has 32 heavy (non-hydrogen) atoms. The molecule has 1 N–H and O–H groups in total. The van der Waals surface area contributed by atoms with Crippen LogP contribution in [0.1, 0.15) is 34.1 Å². The molecule has 1 aromatic heterocycles. The summed E-state index contributed by atoms with van der Waals surface area (Å²) in [7, 11) is 0. The smallest absolute Gasteiger partial charge is 0.267 e. The van der Waals surface area contributed by atoms with Gasteiger partial charge in [-0.1, -0.05) is 60.7 Å². The van der Waals surface area contributed by atoms with Gasteiger partial charge in [-0.3, -0.25) is 9.59 Å². The number of aromatic nitrogens is 2. The lowest BCUT2D eigenvalue weighted by Crippen LogP contribution is -2.29. The number of hydrogen-bond acceptors (Lipinski definition) is 5. The molecule has 0 fully saturated rings. The number of carbonyl (C=O) groups excluding carboxylic acids is 1. The number of amides is 1. The predicted molar refractivity (Wildman–Crippen MR) is 122 cm³/mol. The molecule has 0 bridgehead atoms. The van der Waals surface area contributed by atoms with Crippen molar-refractivity contribution in [2.75, 3.05) is 0 Å². The Hall–Kier alpha value is -4.57. The zero-order valence-corrected chi connectivity index (χ0v) is 17.3. The SMILES string of the molecule is C/C(=N/NC(=O)c1nn(Cc2ccccc2)c(=O)c2ccccc12)c1ccc(C#N)cc1. The van der Waals surface area contributed by atoms with Crippen LogP contribution in [-0.4, -0.2) is 21.4 Å². The van der Waals surface area contributed by atoms with Crippen LogP contribution in [0.25, 0.3) is 10.8 Å². The quantitative estimate of drug-likeness (QED) is 0.394. The van der Waals surface area contributed by atoms with Crippen LogP contribution in [0.3, 0.4) is 0 Å². The van der Waals surface area contributed by atoms with Gasteiger partial charge in [-0.25, -0.2) is 10.1 Å². The third-order valence-corrected chi connectivity index (χ3v) is 5.01. The summed E-state index contributed by atoms with van der Waals surface area (Å²) in [6.07, 6.45) is 0. The zero-order chi connectivity index (χ0) is 22.5. The molecule has 1 amide bonds. The van der Waals surface area contributed by atoms with Crippen molar-refractivity contribution >= 4 is 22.4 Å². The highest BCUT2D eigenvalue weighted by Crippen LogP contribution is 2.14. The molecule has 0 aliphatic heterocycles. The van der Waals surface area contributed by atoms with Crippen molar-refractivity contribution in [1.82, 2.24) is 15.2 Å². The maximum absolute atomic E-state index is 13.0. The first kappa shape index (κ1) is 20.7. The lowest BCUT2D eigenvalue weighted by atomic mass is 10.1. The number of hydrazone groups is 1. The molecule has 0 radical (unpaired) electrons. The lowest BCUT2D eigenvalue weighted by Gasteiger charge is -2.10. The van der Waals surface area contributed by atoms with E-state index in [1.54, 1.807) is 55.5 Å². The second-order valence-corrected chi connectivity index (χ2v) is 7.17. The molecule has 7 nitrogen and oxygen atoms in total. The van der Waals surface area contributed by atoms with Crippen molar-refractivity contribution in [3.8, 4) is 6.07 Å². The van der Waals surface area contributed by atoms with E-state index < -0.39 is 5.91 Å². The van der Waals surface area contributed by atoms with Gasteiger partial charge < -0.3 is 0 Å². The summed E-state index contributed by atoms with van der Waals surface area (Å²) in [6.45, 7) is 2.00. The Labute approximate surface area is 184 Å². The summed E-state index contributed by atoms with van der Waals surface area (Å²) >= 11 is 0. The minimum absolute atomic E-state index is 0.118. The summed E-state index contributed by atoms with van der Waals surface area (Å²) in [5.74, 6) is -0.518. The fourth-order valence-corrected chi connectivity index (χ4v) is 3.30. The summed E-state index contributed by atoms with van der Waals surface area (Å²) in [6, 6.07) is 25.3. The number of rotatable bonds is 5. The normalized spacial score (nSPS) is 11.2. The molecule has 4 aromatic rings. The molecule has 0 aliphatic rings. The highest BCUT2D eigenvalue weighted by molar-refractivity contribution is 6.06. The van der Waals surface area contributed by atoms with Crippen LogP contribution < -0.4 is 11.0 Å². The molecule has 0 saturated heterocycles. The molecule has 156 valence electrons. The number of carbonyl (C=O) groups is 1. The van der Waals surface area contributed by atoms with Crippen molar-refractivity contribution in [1.29, 1.82) is 5.26 Å². The molecule has 0 spiro atoms. The molecule has 3 aromatic carbocycles. The van der Waals surface area contributed by atoms with E-state index in [1.807, 2.05) is 30.3 Å². The van der Waals surface area contributed by atoms with Gasteiger partial charge in [0.25, 0.3) is 11.5 Å². The van der Waals surface area contributed by atoms with E-state index in [4.69, 9.17) is 5.26 Å². The van der Waals surface area contributed by atoms with E-state index in [-0.39, 0.29) is 17.8 Å². The summed E-state index contributed by atoms with van der Waals surface area (Å²) in [5, 5.41) is 18.3. The van der Waals surface area contributed by atoms with E-state index in [0.29, 0.717) is 22.0 Å². The second-order valence-electron chi connectivity index (χ2n) is 7.17. The summed E-state index contributed by atoms with van der Waals surface area (Å²) in [4.78, 5) is 25.9. The maximum atomic E-state index is 13.0. The number of nitrogens with one attached hydrogen (secondary N) is 1. The van der Waals surface area contributed by atoms with Gasteiger partial charge in [0.2, 0.25) is 0 Å². The monoisotopic (exact) mass is 421 g/mol. The first-order valence-electron chi connectivity index (χ1n) is 9.96. The fraction of sp³-hybridized carbons (Fsp3) is 0.0800. The van der Waals surface area contributed by atoms with Gasteiger partial charge in [0, 0.05) is 5.39 Å². The molecular weight excluding hydrogens is 402 g/mol. The largest absolute Gasteiger partial charge is 0.292 e. The molecular formula is C25H19N5O2. The molecule has 7 heteroatoms. The Balaban J connectivity index is 1.68. The van der Waals surface area contributed by atoms with Crippen LogP contribution in [-0.2, 0) is 6.54 Å². The average molecular weight is 421 g/mol. The van der Waals surface area contributed by atoms with Crippen LogP contribution in [0, 0.1) is 11.3 Å². The molecule has 0 unspecified atom stereocenters. The molecule has 1 heterocycles. The van der Waals surface area contributed by atoms with Crippen LogP contribution in [0.15, 0.2) is 88.8 Å². The minimum Gasteiger partial charge on any atom is -0.267 e. The molecule has 0 saturated carbocycles. The minimum atomic E-state index is -0.518. The Kier molecular flexibility index (Phi) is 5.86. The Morgan fingerprint density at radius 2 is 1.66 bits per heavy atom. The Morgan fingerprint density at radius 1 is 1.00 bits per heavy atom. The van der Waals surface area contributed by atoms with E-state index in [1.165, 1.54) is 4.68 Å². The number of fused-ring (bicyclic) bond motifs is 1. The molecule has 0 atom stereocenters. The van der Waals surface area contributed by atoms with Crippen LogP contribution in [0.2, 0.25) is 0 Å². The van der Waals surface area contributed by atoms with Gasteiger partial charge in [-0.15, -0.1) is 0 Å². The maximum Gasteiger partial charge on any atom is 0.292 e. The van der Waals surface area contributed by atoms with E-state index in [9.17, 15) is 9.59 Å². The Bertz CT molecular complexity index is 1420. The van der Waals surface area contributed by atoms with Crippen LogP contribution >= 0.6 is 0 Å². The molecule has 0 aliphatic carbocycles. The number of benzene rings is 3. The van der Waals surface area contributed by atoms with Crippen LogP contribution in [0.4, 0.5) is 0 Å². The van der Waals surface area contributed by atoms with Crippen LogP contribution in [0.5, 0.6) is 0 Å². The first-order valence-corrected chi connectivity index (χ1v) is 9.96. The lowest BCUT2D eigenvalue weighted by molar-refractivity contribution is 0.0949. The van der Waals surface area contributed by atoms with Gasteiger partial charge in [0.1, 0.15) is 0 Å².